The predicted molar refractivity (Wildman–Crippen MR) is 80.8 cm³/mol. The second-order valence-corrected chi connectivity index (χ2v) is 6.59. The van der Waals surface area contributed by atoms with Gasteiger partial charge in [-0.2, -0.15) is 0 Å². The lowest BCUT2D eigenvalue weighted by Crippen LogP contribution is -2.51. The molecule has 1 aliphatic carbocycles. The molecular formula is C16H30N2O2. The van der Waals surface area contributed by atoms with Crippen molar-refractivity contribution in [3.05, 3.63) is 0 Å². The van der Waals surface area contributed by atoms with Crippen LogP contribution in [0, 0.1) is 11.8 Å². The van der Waals surface area contributed by atoms with E-state index in [0.29, 0.717) is 13.0 Å². The maximum absolute atomic E-state index is 11.6. The van der Waals surface area contributed by atoms with E-state index in [0.717, 1.165) is 31.2 Å². The van der Waals surface area contributed by atoms with Gasteiger partial charge in [-0.3, -0.25) is 4.79 Å². The lowest BCUT2D eigenvalue weighted by molar-refractivity contribution is -0.145. The fraction of sp³-hybridized carbons (Fsp3) is 0.938. The van der Waals surface area contributed by atoms with E-state index >= 15 is 0 Å². The smallest absolute Gasteiger partial charge is 0.323 e. The molecule has 0 aromatic heterocycles. The molecule has 20 heavy (non-hydrogen) atoms. The van der Waals surface area contributed by atoms with Crippen molar-refractivity contribution in [1.29, 1.82) is 0 Å². The third-order valence-electron chi connectivity index (χ3n) is 5.41. The van der Waals surface area contributed by atoms with Crippen molar-refractivity contribution in [2.24, 2.45) is 11.8 Å². The Hall–Kier alpha value is -0.610. The molecule has 0 aromatic carbocycles. The standard InChI is InChI=1S/C16H30N2O2/c1-3-16(15(19)20,17-4-2)9-6-10-18-11-13-7-5-8-14(13)12-18/h13-14,17H,3-12H2,1-2H3,(H,19,20). The van der Waals surface area contributed by atoms with Crippen LogP contribution in [-0.2, 0) is 4.79 Å². The number of fused-ring (bicyclic) bond motifs is 1. The van der Waals surface area contributed by atoms with Crippen LogP contribution in [0.5, 0.6) is 0 Å². The van der Waals surface area contributed by atoms with Crippen molar-refractivity contribution < 1.29 is 9.90 Å². The fourth-order valence-electron chi connectivity index (χ4n) is 4.18. The summed E-state index contributed by atoms with van der Waals surface area (Å²) in [6.45, 7) is 8.23. The highest BCUT2D eigenvalue weighted by Gasteiger charge is 2.37. The van der Waals surface area contributed by atoms with Gasteiger partial charge in [-0.25, -0.2) is 0 Å². The molecule has 0 amide bonds. The number of nitrogens with zero attached hydrogens (tertiary/aromatic N) is 1. The van der Waals surface area contributed by atoms with E-state index in [-0.39, 0.29) is 0 Å². The highest BCUT2D eigenvalue weighted by Crippen LogP contribution is 2.37. The summed E-state index contributed by atoms with van der Waals surface area (Å²) >= 11 is 0. The Labute approximate surface area is 122 Å². The summed E-state index contributed by atoms with van der Waals surface area (Å²) in [6.07, 6.45) is 6.60. The average molecular weight is 282 g/mol. The first-order valence-corrected chi connectivity index (χ1v) is 8.32. The largest absolute Gasteiger partial charge is 0.480 e. The van der Waals surface area contributed by atoms with Crippen molar-refractivity contribution in [3.63, 3.8) is 0 Å². The number of aliphatic carboxylic acids is 1. The van der Waals surface area contributed by atoms with Crippen LogP contribution in [0.3, 0.4) is 0 Å². The molecule has 3 unspecified atom stereocenters. The molecule has 2 N–H and O–H groups in total. The first-order chi connectivity index (χ1) is 9.61. The zero-order valence-corrected chi connectivity index (χ0v) is 13.0. The second-order valence-electron chi connectivity index (χ2n) is 6.59. The van der Waals surface area contributed by atoms with Crippen LogP contribution in [0.2, 0.25) is 0 Å². The topological polar surface area (TPSA) is 52.6 Å². The number of carboxylic acid groups (broad SMARTS) is 1. The summed E-state index contributed by atoms with van der Waals surface area (Å²) < 4.78 is 0. The third-order valence-corrected chi connectivity index (χ3v) is 5.41. The number of rotatable bonds is 8. The molecule has 2 rings (SSSR count). The summed E-state index contributed by atoms with van der Waals surface area (Å²) in [5, 5.41) is 12.7. The highest BCUT2D eigenvalue weighted by molar-refractivity contribution is 5.78. The molecule has 0 bridgehead atoms. The van der Waals surface area contributed by atoms with Crippen molar-refractivity contribution >= 4 is 5.97 Å². The fourth-order valence-corrected chi connectivity index (χ4v) is 4.18. The minimum Gasteiger partial charge on any atom is -0.480 e. The monoisotopic (exact) mass is 282 g/mol. The summed E-state index contributed by atoms with van der Waals surface area (Å²) in [7, 11) is 0. The SMILES string of the molecule is CCNC(CC)(CCCN1CC2CCCC2C1)C(=O)O. The Morgan fingerprint density at radius 1 is 1.30 bits per heavy atom. The van der Waals surface area contributed by atoms with Crippen LogP contribution in [0.1, 0.15) is 52.4 Å². The molecule has 116 valence electrons. The molecule has 2 fully saturated rings. The van der Waals surface area contributed by atoms with Gasteiger partial charge in [0.15, 0.2) is 0 Å². The lowest BCUT2D eigenvalue weighted by atomic mass is 9.90. The Balaban J connectivity index is 1.77. The van der Waals surface area contributed by atoms with Gasteiger partial charge in [-0.15, -0.1) is 0 Å². The van der Waals surface area contributed by atoms with Gasteiger partial charge in [0.05, 0.1) is 0 Å². The zero-order valence-electron chi connectivity index (χ0n) is 13.0. The first kappa shape index (κ1) is 15.8. The van der Waals surface area contributed by atoms with E-state index in [1.54, 1.807) is 0 Å². The van der Waals surface area contributed by atoms with Gasteiger partial charge in [-0.1, -0.05) is 20.3 Å². The molecule has 1 saturated carbocycles. The van der Waals surface area contributed by atoms with Gasteiger partial charge < -0.3 is 15.3 Å². The summed E-state index contributed by atoms with van der Waals surface area (Å²) in [6, 6.07) is 0. The van der Waals surface area contributed by atoms with Crippen molar-refractivity contribution in [1.82, 2.24) is 10.2 Å². The van der Waals surface area contributed by atoms with E-state index in [9.17, 15) is 9.90 Å². The van der Waals surface area contributed by atoms with Gasteiger partial charge in [0.2, 0.25) is 0 Å². The first-order valence-electron chi connectivity index (χ1n) is 8.32. The molecule has 4 heteroatoms. The lowest BCUT2D eigenvalue weighted by Gasteiger charge is -2.30. The Kier molecular flexibility index (Phi) is 5.44. The van der Waals surface area contributed by atoms with Crippen molar-refractivity contribution in [2.45, 2.75) is 57.9 Å². The number of likely N-dealkylation sites (tertiary alicyclic amines) is 1. The van der Waals surface area contributed by atoms with Gasteiger partial charge >= 0.3 is 5.97 Å². The van der Waals surface area contributed by atoms with E-state index in [2.05, 4.69) is 10.2 Å². The third kappa shape index (κ3) is 3.34. The van der Waals surface area contributed by atoms with Gasteiger partial charge in [0.1, 0.15) is 5.54 Å². The van der Waals surface area contributed by atoms with Crippen LogP contribution in [-0.4, -0.2) is 47.7 Å². The molecule has 1 heterocycles. The molecular weight excluding hydrogens is 252 g/mol. The number of carbonyl (C=O) groups is 1. The Morgan fingerprint density at radius 2 is 1.95 bits per heavy atom. The molecule has 1 saturated heterocycles. The summed E-state index contributed by atoms with van der Waals surface area (Å²) in [5.74, 6) is 1.17. The Bertz CT molecular complexity index is 322. The van der Waals surface area contributed by atoms with Crippen LogP contribution in [0.15, 0.2) is 0 Å². The maximum Gasteiger partial charge on any atom is 0.323 e. The molecule has 0 spiro atoms. The van der Waals surface area contributed by atoms with Crippen molar-refractivity contribution in [3.8, 4) is 0 Å². The number of likely N-dealkylation sites (N-methyl/N-ethyl adjacent to an activating group) is 1. The molecule has 4 nitrogen and oxygen atoms in total. The number of hydrogen-bond donors (Lipinski definition) is 2. The predicted octanol–water partition coefficient (Wildman–Crippen LogP) is 2.34. The molecule has 0 radical (unpaired) electrons. The van der Waals surface area contributed by atoms with Crippen LogP contribution in [0.4, 0.5) is 0 Å². The van der Waals surface area contributed by atoms with Crippen LogP contribution >= 0.6 is 0 Å². The minimum absolute atomic E-state index is 0.654. The summed E-state index contributed by atoms with van der Waals surface area (Å²) in [5.41, 5.74) is -0.718. The second kappa shape index (κ2) is 6.90. The maximum atomic E-state index is 11.6. The van der Waals surface area contributed by atoms with Crippen molar-refractivity contribution in [2.75, 3.05) is 26.2 Å². The van der Waals surface area contributed by atoms with E-state index in [1.165, 1.54) is 32.4 Å². The van der Waals surface area contributed by atoms with Gasteiger partial charge in [0.25, 0.3) is 0 Å². The van der Waals surface area contributed by atoms with E-state index < -0.39 is 11.5 Å². The number of nitrogens with one attached hydrogen (secondary N) is 1. The average Bonchev–Trinajstić information content (AvgIpc) is 2.98. The highest BCUT2D eigenvalue weighted by atomic mass is 16.4. The molecule has 3 atom stereocenters. The quantitative estimate of drug-likeness (QED) is 0.717. The number of hydrogen-bond acceptors (Lipinski definition) is 3. The van der Waals surface area contributed by atoms with Gasteiger partial charge in [0, 0.05) is 13.1 Å². The Morgan fingerprint density at radius 3 is 2.45 bits per heavy atom. The van der Waals surface area contributed by atoms with E-state index in [4.69, 9.17) is 0 Å². The van der Waals surface area contributed by atoms with Gasteiger partial charge in [-0.05, 0) is 57.0 Å². The van der Waals surface area contributed by atoms with E-state index in [1.807, 2.05) is 13.8 Å². The molecule has 1 aliphatic heterocycles. The van der Waals surface area contributed by atoms with Crippen LogP contribution < -0.4 is 5.32 Å². The summed E-state index contributed by atoms with van der Waals surface area (Å²) in [4.78, 5) is 14.1. The minimum atomic E-state index is -0.718. The van der Waals surface area contributed by atoms with Crippen LogP contribution in [0.25, 0.3) is 0 Å². The molecule has 2 aliphatic rings. The number of carboxylic acids is 1. The zero-order chi connectivity index (χ0) is 14.6. The normalized spacial score (nSPS) is 29.3. The molecule has 0 aromatic rings.